The van der Waals surface area contributed by atoms with Crippen LogP contribution in [0.4, 0.5) is 0 Å². The van der Waals surface area contributed by atoms with Gasteiger partial charge >= 0.3 is 0 Å². The van der Waals surface area contributed by atoms with Gasteiger partial charge in [0.15, 0.2) is 17.5 Å². The minimum Gasteiger partial charge on any atom is -0.455 e. The largest absolute Gasteiger partial charge is 0.455 e. The summed E-state index contributed by atoms with van der Waals surface area (Å²) in [5, 5.41) is 4.35. The molecule has 5 nitrogen and oxygen atoms in total. The van der Waals surface area contributed by atoms with Gasteiger partial charge in [0.2, 0.25) is 0 Å². The zero-order valence-corrected chi connectivity index (χ0v) is 32.7. The Morgan fingerprint density at radius 1 is 0.377 bits per heavy atom. The van der Waals surface area contributed by atoms with Gasteiger partial charge in [0, 0.05) is 38.4 Å². The minimum absolute atomic E-state index is 0.169. The normalized spacial score (nSPS) is 11.6. The average Bonchev–Trinajstić information content (AvgIpc) is 3.86. The molecule has 0 saturated carbocycles. The minimum atomic E-state index is 0.169. The summed E-state index contributed by atoms with van der Waals surface area (Å²) in [7, 11) is 31.2. The second kappa shape index (κ2) is 14.5. The molecule has 0 fully saturated rings. The highest BCUT2D eigenvalue weighted by Crippen LogP contribution is 2.39. The van der Waals surface area contributed by atoms with E-state index in [9.17, 15) is 0 Å². The molecule has 0 N–H and O–H groups in total. The molecular formula is C51H27B5N4O. The molecule has 0 aliphatic rings. The lowest BCUT2D eigenvalue weighted by Gasteiger charge is -2.21. The predicted molar refractivity (Wildman–Crippen MR) is 256 cm³/mol. The summed E-state index contributed by atoms with van der Waals surface area (Å²) in [5.74, 6) is 1.48. The van der Waals surface area contributed by atoms with Crippen LogP contribution in [0, 0.1) is 0 Å². The number of hydrogen-bond acceptors (Lipinski definition) is 4. The summed E-state index contributed by atoms with van der Waals surface area (Å²) in [6.07, 6.45) is 0. The second-order valence-corrected chi connectivity index (χ2v) is 15.1. The van der Waals surface area contributed by atoms with Gasteiger partial charge in [0.25, 0.3) is 0 Å². The number of para-hydroxylation sites is 3. The van der Waals surface area contributed by atoms with Gasteiger partial charge in [-0.05, 0) is 70.8 Å². The van der Waals surface area contributed by atoms with Crippen molar-refractivity contribution >= 4 is 110 Å². The van der Waals surface area contributed by atoms with Crippen molar-refractivity contribution in [1.82, 2.24) is 19.5 Å². The fourth-order valence-electron chi connectivity index (χ4n) is 8.45. The molecule has 3 aromatic heterocycles. The number of hydrogen-bond donors (Lipinski definition) is 0. The first-order valence-corrected chi connectivity index (χ1v) is 19.8. The molecule has 0 saturated heterocycles. The molecule has 0 bridgehead atoms. The molecule has 8 aromatic carbocycles. The summed E-state index contributed by atoms with van der Waals surface area (Å²) in [5.41, 5.74) is 11.7. The van der Waals surface area contributed by atoms with Crippen LogP contribution in [-0.4, -0.2) is 58.8 Å². The highest BCUT2D eigenvalue weighted by atomic mass is 16.3. The Bertz CT molecular complexity index is 3500. The van der Waals surface area contributed by atoms with Crippen molar-refractivity contribution in [3.05, 3.63) is 164 Å². The number of benzene rings is 8. The van der Waals surface area contributed by atoms with Gasteiger partial charge in [-0.15, -0.1) is 16.4 Å². The molecule has 10 radical (unpaired) electrons. The molecule has 11 aromatic rings. The fraction of sp³-hybridized carbons (Fsp3) is 0. The molecule has 0 unspecified atom stereocenters. The molecule has 0 spiro atoms. The maximum atomic E-state index is 6.77. The smallest absolute Gasteiger partial charge is 0.167 e. The van der Waals surface area contributed by atoms with Crippen molar-refractivity contribution in [2.75, 3.05) is 0 Å². The molecule has 0 aliphatic carbocycles. The van der Waals surface area contributed by atoms with E-state index in [0.29, 0.717) is 28.6 Å². The monoisotopic (exact) mass is 766 g/mol. The van der Waals surface area contributed by atoms with Crippen molar-refractivity contribution in [3.8, 4) is 62.1 Å². The first-order valence-electron chi connectivity index (χ1n) is 19.8. The Labute approximate surface area is 358 Å². The van der Waals surface area contributed by atoms with Crippen LogP contribution < -0.4 is 27.3 Å². The molecule has 10 heteroatoms. The Balaban J connectivity index is 1.02. The van der Waals surface area contributed by atoms with Crippen LogP contribution >= 0.6 is 0 Å². The van der Waals surface area contributed by atoms with E-state index in [1.165, 1.54) is 16.3 Å². The van der Waals surface area contributed by atoms with Gasteiger partial charge in [0.1, 0.15) is 50.4 Å². The highest BCUT2D eigenvalue weighted by molar-refractivity contribution is 6.68. The van der Waals surface area contributed by atoms with Crippen LogP contribution in [0.25, 0.3) is 106 Å². The van der Waals surface area contributed by atoms with Gasteiger partial charge < -0.3 is 8.98 Å². The van der Waals surface area contributed by atoms with Gasteiger partial charge in [-0.2, -0.15) is 0 Å². The van der Waals surface area contributed by atoms with Crippen molar-refractivity contribution in [1.29, 1.82) is 0 Å². The Morgan fingerprint density at radius 2 is 0.918 bits per heavy atom. The summed E-state index contributed by atoms with van der Waals surface area (Å²) in [6, 6.07) is 55.6. The topological polar surface area (TPSA) is 56.7 Å². The number of nitrogens with zero attached hydrogens (tertiary/aromatic N) is 4. The Kier molecular flexibility index (Phi) is 8.71. The first-order chi connectivity index (χ1) is 29.8. The Morgan fingerprint density at radius 3 is 1.66 bits per heavy atom. The van der Waals surface area contributed by atoms with Crippen LogP contribution in [-0.2, 0) is 0 Å². The lowest BCUT2D eigenvalue weighted by molar-refractivity contribution is 0.669. The molecule has 3 heterocycles. The third-order valence-electron chi connectivity index (χ3n) is 11.6. The van der Waals surface area contributed by atoms with Crippen molar-refractivity contribution in [2.24, 2.45) is 0 Å². The van der Waals surface area contributed by atoms with Crippen LogP contribution in [0.3, 0.4) is 0 Å². The number of aromatic nitrogens is 4. The van der Waals surface area contributed by atoms with E-state index in [0.717, 1.165) is 60.9 Å². The van der Waals surface area contributed by atoms with E-state index in [1.807, 2.05) is 72.8 Å². The van der Waals surface area contributed by atoms with Gasteiger partial charge in [-0.25, -0.2) is 15.0 Å². The summed E-state index contributed by atoms with van der Waals surface area (Å²) in [4.78, 5) is 15.0. The van der Waals surface area contributed by atoms with E-state index in [2.05, 4.69) is 95.6 Å². The molecule has 272 valence electrons. The van der Waals surface area contributed by atoms with Gasteiger partial charge in [-0.1, -0.05) is 126 Å². The maximum absolute atomic E-state index is 6.77. The molecule has 0 aliphatic heterocycles. The molecule has 11 rings (SSSR count). The Hall–Kier alpha value is -7.31. The number of fused-ring (bicyclic) bond motifs is 6. The van der Waals surface area contributed by atoms with Crippen molar-refractivity contribution in [3.63, 3.8) is 0 Å². The van der Waals surface area contributed by atoms with Crippen LogP contribution in [0.15, 0.2) is 168 Å². The van der Waals surface area contributed by atoms with E-state index in [-0.39, 0.29) is 27.3 Å². The van der Waals surface area contributed by atoms with E-state index < -0.39 is 0 Å². The summed E-state index contributed by atoms with van der Waals surface area (Å²) >= 11 is 0. The van der Waals surface area contributed by atoms with Crippen LogP contribution in [0.1, 0.15) is 0 Å². The highest BCUT2D eigenvalue weighted by Gasteiger charge is 2.20. The second-order valence-electron chi connectivity index (χ2n) is 15.1. The zero-order valence-electron chi connectivity index (χ0n) is 32.7. The molecular weight excluding hydrogens is 739 g/mol. The molecule has 61 heavy (non-hydrogen) atoms. The fourth-order valence-corrected chi connectivity index (χ4v) is 8.45. The zero-order chi connectivity index (χ0) is 41.4. The van der Waals surface area contributed by atoms with E-state index in [4.69, 9.17) is 58.6 Å². The molecule has 0 atom stereocenters. The van der Waals surface area contributed by atoms with Crippen LogP contribution in [0.5, 0.6) is 0 Å². The van der Waals surface area contributed by atoms with E-state index in [1.54, 1.807) is 0 Å². The first kappa shape index (κ1) is 36.8. The van der Waals surface area contributed by atoms with Crippen molar-refractivity contribution in [2.45, 2.75) is 0 Å². The molecule has 0 amide bonds. The number of rotatable bonds is 6. The lowest BCUT2D eigenvalue weighted by Crippen LogP contribution is -2.55. The SMILES string of the molecule is [B]c1c([B])c([B])c(-c2ccc(-c3nc(-c4ccccc4)nc(-c4cccc5c4oc4cc(-c6ccc7c(c6)c6ccccc6n7-c6ccccc6)ccc45)n3)cc2)c([B])c1[B]. The third kappa shape index (κ3) is 6.04. The number of furan rings is 1. The van der Waals surface area contributed by atoms with Crippen LogP contribution in [0.2, 0.25) is 0 Å². The summed E-state index contributed by atoms with van der Waals surface area (Å²) < 4.78 is 9.09. The third-order valence-corrected chi connectivity index (χ3v) is 11.6. The summed E-state index contributed by atoms with van der Waals surface area (Å²) in [6.45, 7) is 0. The standard InChI is InChI=1S/C51H27B5N4O/c52-43-42(44(53)46(55)47(56)45(43)54)28-18-20-30(21-19-28)50-57-49(29-10-3-1-4-11-29)58-51(59-50)37-16-9-15-36-35-24-22-32(27-41(35)61-48(36)37)31-23-25-40-38(26-31)34-14-7-8-17-39(34)60(40)33-12-5-2-6-13-33/h1-27H. The van der Waals surface area contributed by atoms with Gasteiger partial charge in [0.05, 0.1) is 16.6 Å². The average molecular weight is 766 g/mol. The lowest BCUT2D eigenvalue weighted by atomic mass is 9.59. The van der Waals surface area contributed by atoms with E-state index >= 15 is 0 Å². The predicted octanol–water partition coefficient (Wildman–Crippen LogP) is 7.17. The van der Waals surface area contributed by atoms with Gasteiger partial charge in [-0.3, -0.25) is 0 Å². The maximum Gasteiger partial charge on any atom is 0.167 e. The van der Waals surface area contributed by atoms with Crippen molar-refractivity contribution < 1.29 is 4.42 Å². The quantitative estimate of drug-likeness (QED) is 0.169.